The molecular formula is C26H22O6. The van der Waals surface area contributed by atoms with E-state index in [1.807, 2.05) is 60.7 Å². The fourth-order valence-electron chi connectivity index (χ4n) is 3.91. The highest BCUT2D eigenvalue weighted by atomic mass is 16.5. The number of fused-ring (bicyclic) bond motifs is 2. The fraction of sp³-hybridized carbons (Fsp3) is 0.154. The number of hydrogen-bond acceptors (Lipinski definition) is 6. The topological polar surface area (TPSA) is 63.2 Å². The molecule has 3 aromatic carbocycles. The minimum absolute atomic E-state index is 0.655. The summed E-state index contributed by atoms with van der Waals surface area (Å²) in [7, 11) is 6.52. The molecule has 0 saturated heterocycles. The quantitative estimate of drug-likeness (QED) is 0.304. The second kappa shape index (κ2) is 7.89. The summed E-state index contributed by atoms with van der Waals surface area (Å²) in [4.78, 5) is 0. The standard InChI is InChI=1S/C26H22O6/c1-27-19-9-11-21(29-3)25-17(19)13-23(31-25)15-5-7-16(8-6-15)24-14-18-20(28-2)10-12-22(30-4)26(18)32-24/h5-14H,1-4H3. The third-order valence-corrected chi connectivity index (χ3v) is 5.55. The van der Waals surface area contributed by atoms with E-state index in [0.29, 0.717) is 22.7 Å². The summed E-state index contributed by atoms with van der Waals surface area (Å²) in [6.45, 7) is 0. The Morgan fingerprint density at radius 2 is 0.812 bits per heavy atom. The maximum Gasteiger partial charge on any atom is 0.180 e. The molecule has 0 saturated carbocycles. The van der Waals surface area contributed by atoms with Crippen molar-refractivity contribution in [3.63, 3.8) is 0 Å². The zero-order valence-corrected chi connectivity index (χ0v) is 18.2. The molecule has 0 unspecified atom stereocenters. The molecule has 2 aromatic heterocycles. The summed E-state index contributed by atoms with van der Waals surface area (Å²) in [6, 6.07) is 19.3. The van der Waals surface area contributed by atoms with Crippen LogP contribution in [0.15, 0.2) is 69.5 Å². The highest BCUT2D eigenvalue weighted by Crippen LogP contribution is 2.41. The minimum atomic E-state index is 0.655. The van der Waals surface area contributed by atoms with Gasteiger partial charge < -0.3 is 27.8 Å². The molecule has 5 aromatic rings. The molecule has 0 atom stereocenters. The van der Waals surface area contributed by atoms with Crippen LogP contribution < -0.4 is 18.9 Å². The number of furan rings is 2. The van der Waals surface area contributed by atoms with Gasteiger partial charge in [0.15, 0.2) is 22.7 Å². The number of rotatable bonds is 6. The molecule has 6 nitrogen and oxygen atoms in total. The lowest BCUT2D eigenvalue weighted by atomic mass is 10.1. The molecule has 162 valence electrons. The number of ether oxygens (including phenoxy) is 4. The van der Waals surface area contributed by atoms with E-state index in [4.69, 9.17) is 27.8 Å². The lowest BCUT2D eigenvalue weighted by Crippen LogP contribution is -1.86. The molecule has 5 rings (SSSR count). The molecule has 0 spiro atoms. The lowest BCUT2D eigenvalue weighted by Gasteiger charge is -2.04. The first-order valence-corrected chi connectivity index (χ1v) is 10.1. The molecular weight excluding hydrogens is 408 g/mol. The third-order valence-electron chi connectivity index (χ3n) is 5.55. The van der Waals surface area contributed by atoms with E-state index in [0.717, 1.165) is 44.9 Å². The monoisotopic (exact) mass is 430 g/mol. The van der Waals surface area contributed by atoms with Crippen molar-refractivity contribution in [1.29, 1.82) is 0 Å². The molecule has 2 heterocycles. The van der Waals surface area contributed by atoms with Crippen LogP contribution >= 0.6 is 0 Å². The summed E-state index contributed by atoms with van der Waals surface area (Å²) in [5.41, 5.74) is 3.17. The Labute approximate surface area is 184 Å². The van der Waals surface area contributed by atoms with Crippen molar-refractivity contribution in [2.75, 3.05) is 28.4 Å². The van der Waals surface area contributed by atoms with Crippen LogP contribution in [0.5, 0.6) is 23.0 Å². The van der Waals surface area contributed by atoms with Gasteiger partial charge in [-0.05, 0) is 36.4 Å². The van der Waals surface area contributed by atoms with E-state index in [1.165, 1.54) is 0 Å². The van der Waals surface area contributed by atoms with Crippen LogP contribution in [-0.4, -0.2) is 28.4 Å². The van der Waals surface area contributed by atoms with E-state index < -0.39 is 0 Å². The van der Waals surface area contributed by atoms with E-state index in [-0.39, 0.29) is 0 Å². The van der Waals surface area contributed by atoms with Gasteiger partial charge in [0.25, 0.3) is 0 Å². The Bertz CT molecular complexity index is 1220. The van der Waals surface area contributed by atoms with Gasteiger partial charge in [0.2, 0.25) is 0 Å². The highest BCUT2D eigenvalue weighted by molar-refractivity contribution is 5.94. The van der Waals surface area contributed by atoms with Crippen molar-refractivity contribution < 1.29 is 27.8 Å². The highest BCUT2D eigenvalue weighted by Gasteiger charge is 2.17. The number of methoxy groups -OCH3 is 4. The Hall–Kier alpha value is -4.06. The Morgan fingerprint density at radius 1 is 0.469 bits per heavy atom. The average Bonchev–Trinajstić information content (AvgIpc) is 3.48. The number of hydrogen-bond donors (Lipinski definition) is 0. The molecule has 32 heavy (non-hydrogen) atoms. The van der Waals surface area contributed by atoms with Gasteiger partial charge in [-0.3, -0.25) is 0 Å². The summed E-state index contributed by atoms with van der Waals surface area (Å²) < 4.78 is 34.0. The molecule has 0 aliphatic heterocycles. The van der Waals surface area contributed by atoms with Crippen LogP contribution in [0.3, 0.4) is 0 Å². The molecule has 0 aliphatic carbocycles. The molecule has 0 bridgehead atoms. The van der Waals surface area contributed by atoms with Crippen molar-refractivity contribution >= 4 is 21.9 Å². The van der Waals surface area contributed by atoms with Crippen molar-refractivity contribution in [2.24, 2.45) is 0 Å². The van der Waals surface area contributed by atoms with E-state index in [2.05, 4.69) is 0 Å². The van der Waals surface area contributed by atoms with Crippen LogP contribution in [-0.2, 0) is 0 Å². The Morgan fingerprint density at radius 3 is 1.16 bits per heavy atom. The fourth-order valence-corrected chi connectivity index (χ4v) is 3.91. The second-order valence-corrected chi connectivity index (χ2v) is 7.22. The third kappa shape index (κ3) is 3.12. The van der Waals surface area contributed by atoms with Crippen molar-refractivity contribution in [3.05, 3.63) is 60.7 Å². The van der Waals surface area contributed by atoms with Crippen LogP contribution in [0, 0.1) is 0 Å². The molecule has 0 N–H and O–H groups in total. The van der Waals surface area contributed by atoms with Gasteiger partial charge in [-0.25, -0.2) is 0 Å². The normalized spacial score (nSPS) is 11.1. The van der Waals surface area contributed by atoms with E-state index in [1.54, 1.807) is 28.4 Å². The zero-order valence-electron chi connectivity index (χ0n) is 18.2. The summed E-state index contributed by atoms with van der Waals surface area (Å²) in [5, 5.41) is 1.73. The predicted octanol–water partition coefficient (Wildman–Crippen LogP) is 6.55. The van der Waals surface area contributed by atoms with E-state index >= 15 is 0 Å². The second-order valence-electron chi connectivity index (χ2n) is 7.22. The predicted molar refractivity (Wildman–Crippen MR) is 123 cm³/mol. The summed E-state index contributed by atoms with van der Waals surface area (Å²) in [5.74, 6) is 4.24. The minimum Gasteiger partial charge on any atom is -0.496 e. The largest absolute Gasteiger partial charge is 0.496 e. The summed E-state index contributed by atoms with van der Waals surface area (Å²) >= 11 is 0. The van der Waals surface area contributed by atoms with Crippen molar-refractivity contribution in [3.8, 4) is 45.6 Å². The number of benzene rings is 3. The molecule has 0 radical (unpaired) electrons. The molecule has 0 amide bonds. The first kappa shape index (κ1) is 19.9. The maximum atomic E-state index is 6.11. The SMILES string of the molecule is COc1ccc(OC)c2oc(-c3ccc(-c4cc5c(OC)ccc(OC)c5o4)cc3)cc12. The molecule has 6 heteroatoms. The first-order chi connectivity index (χ1) is 15.7. The van der Waals surface area contributed by atoms with E-state index in [9.17, 15) is 0 Å². The lowest BCUT2D eigenvalue weighted by molar-refractivity contribution is 0.404. The van der Waals surface area contributed by atoms with Gasteiger partial charge in [-0.15, -0.1) is 0 Å². The summed E-state index contributed by atoms with van der Waals surface area (Å²) in [6.07, 6.45) is 0. The first-order valence-electron chi connectivity index (χ1n) is 10.1. The van der Waals surface area contributed by atoms with Crippen molar-refractivity contribution in [2.45, 2.75) is 0 Å². The van der Waals surface area contributed by atoms with Gasteiger partial charge in [0.05, 0.1) is 39.2 Å². The van der Waals surface area contributed by atoms with Gasteiger partial charge >= 0.3 is 0 Å². The van der Waals surface area contributed by atoms with Crippen LogP contribution in [0.2, 0.25) is 0 Å². The van der Waals surface area contributed by atoms with Gasteiger partial charge in [-0.2, -0.15) is 0 Å². The van der Waals surface area contributed by atoms with Crippen LogP contribution in [0.4, 0.5) is 0 Å². The Kier molecular flexibility index (Phi) is 4.90. The van der Waals surface area contributed by atoms with Gasteiger partial charge in [-0.1, -0.05) is 24.3 Å². The van der Waals surface area contributed by atoms with Crippen LogP contribution in [0.25, 0.3) is 44.6 Å². The molecule has 0 fully saturated rings. The maximum absolute atomic E-state index is 6.11. The van der Waals surface area contributed by atoms with Gasteiger partial charge in [0.1, 0.15) is 23.0 Å². The average molecular weight is 430 g/mol. The van der Waals surface area contributed by atoms with Crippen molar-refractivity contribution in [1.82, 2.24) is 0 Å². The molecule has 0 aliphatic rings. The zero-order chi connectivity index (χ0) is 22.2. The van der Waals surface area contributed by atoms with Gasteiger partial charge in [0, 0.05) is 11.1 Å². The smallest absolute Gasteiger partial charge is 0.180 e. The Balaban J connectivity index is 1.55. The van der Waals surface area contributed by atoms with Crippen LogP contribution in [0.1, 0.15) is 0 Å².